The molecule has 17 heavy (non-hydrogen) atoms. The van der Waals surface area contributed by atoms with E-state index in [1.54, 1.807) is 0 Å². The maximum atomic E-state index is 5.91. The molecule has 3 heteroatoms. The van der Waals surface area contributed by atoms with E-state index in [0.29, 0.717) is 6.04 Å². The molecule has 0 fully saturated rings. The van der Waals surface area contributed by atoms with Crippen LogP contribution >= 0.6 is 15.9 Å². The quantitative estimate of drug-likeness (QED) is 0.912. The van der Waals surface area contributed by atoms with Crippen LogP contribution in [-0.2, 0) is 13.0 Å². The van der Waals surface area contributed by atoms with Crippen molar-refractivity contribution in [3.8, 4) is 0 Å². The average Bonchev–Trinajstić information content (AvgIpc) is 2.63. The third kappa shape index (κ3) is 2.72. The van der Waals surface area contributed by atoms with Crippen LogP contribution in [0, 0.1) is 0 Å². The Morgan fingerprint density at radius 1 is 1.35 bits per heavy atom. The van der Waals surface area contributed by atoms with Gasteiger partial charge in [0.2, 0.25) is 0 Å². The summed E-state index contributed by atoms with van der Waals surface area (Å²) in [6, 6.07) is 6.65. The first-order chi connectivity index (χ1) is 8.11. The SMILES string of the molecule is CCc1c(CNC(C)C)oc2ccc(Br)cc12. The Bertz CT molecular complexity index is 516. The molecule has 0 aliphatic carbocycles. The Balaban J connectivity index is 2.41. The van der Waals surface area contributed by atoms with E-state index in [-0.39, 0.29) is 0 Å². The van der Waals surface area contributed by atoms with Gasteiger partial charge in [0.1, 0.15) is 11.3 Å². The topological polar surface area (TPSA) is 25.2 Å². The molecule has 2 rings (SSSR count). The van der Waals surface area contributed by atoms with E-state index in [2.05, 4.69) is 48.1 Å². The lowest BCUT2D eigenvalue weighted by molar-refractivity contribution is 0.484. The van der Waals surface area contributed by atoms with Crippen LogP contribution in [0.4, 0.5) is 0 Å². The van der Waals surface area contributed by atoms with Crippen molar-refractivity contribution in [1.29, 1.82) is 0 Å². The standard InChI is InChI=1S/C14H18BrNO/c1-4-11-12-7-10(15)5-6-13(12)17-14(11)8-16-9(2)3/h5-7,9,16H,4,8H2,1-3H3. The molecular weight excluding hydrogens is 278 g/mol. The first kappa shape index (κ1) is 12.7. The van der Waals surface area contributed by atoms with E-state index >= 15 is 0 Å². The summed E-state index contributed by atoms with van der Waals surface area (Å²) in [6.07, 6.45) is 0.999. The molecule has 2 nitrogen and oxygen atoms in total. The van der Waals surface area contributed by atoms with Crippen LogP contribution in [0.2, 0.25) is 0 Å². The van der Waals surface area contributed by atoms with Crippen molar-refractivity contribution in [2.45, 2.75) is 39.8 Å². The van der Waals surface area contributed by atoms with Crippen LogP contribution < -0.4 is 5.32 Å². The lowest BCUT2D eigenvalue weighted by Crippen LogP contribution is -2.22. The number of hydrogen-bond donors (Lipinski definition) is 1. The van der Waals surface area contributed by atoms with Crippen LogP contribution in [0.3, 0.4) is 0 Å². The maximum absolute atomic E-state index is 5.91. The zero-order valence-electron chi connectivity index (χ0n) is 10.5. The van der Waals surface area contributed by atoms with Crippen molar-refractivity contribution >= 4 is 26.9 Å². The van der Waals surface area contributed by atoms with Gasteiger partial charge >= 0.3 is 0 Å². The molecule has 1 aromatic heterocycles. The molecule has 1 N–H and O–H groups in total. The summed E-state index contributed by atoms with van der Waals surface area (Å²) < 4.78 is 7.01. The summed E-state index contributed by atoms with van der Waals surface area (Å²) in [6.45, 7) is 7.26. The monoisotopic (exact) mass is 295 g/mol. The highest BCUT2D eigenvalue weighted by molar-refractivity contribution is 9.10. The molecule has 92 valence electrons. The van der Waals surface area contributed by atoms with Gasteiger partial charge in [-0.15, -0.1) is 0 Å². The molecule has 0 aliphatic rings. The third-order valence-corrected chi connectivity index (χ3v) is 3.35. The van der Waals surface area contributed by atoms with Crippen LogP contribution in [0.1, 0.15) is 32.1 Å². The highest BCUT2D eigenvalue weighted by Gasteiger charge is 2.12. The van der Waals surface area contributed by atoms with Crippen LogP contribution in [0.25, 0.3) is 11.0 Å². The van der Waals surface area contributed by atoms with Crippen molar-refractivity contribution in [2.24, 2.45) is 0 Å². The minimum Gasteiger partial charge on any atom is -0.459 e. The summed E-state index contributed by atoms with van der Waals surface area (Å²) in [5.74, 6) is 1.06. The normalized spacial score (nSPS) is 11.6. The third-order valence-electron chi connectivity index (χ3n) is 2.86. The predicted octanol–water partition coefficient (Wildman–Crippen LogP) is 4.26. The van der Waals surface area contributed by atoms with E-state index < -0.39 is 0 Å². The molecule has 0 radical (unpaired) electrons. The van der Waals surface area contributed by atoms with E-state index in [9.17, 15) is 0 Å². The van der Waals surface area contributed by atoms with Crippen molar-refractivity contribution in [1.82, 2.24) is 5.32 Å². The molecule has 1 aromatic carbocycles. The second-order valence-corrected chi connectivity index (χ2v) is 5.45. The number of hydrogen-bond acceptors (Lipinski definition) is 2. The second-order valence-electron chi connectivity index (χ2n) is 4.53. The second kappa shape index (κ2) is 5.23. The number of aryl methyl sites for hydroxylation is 1. The van der Waals surface area contributed by atoms with Gasteiger partial charge in [-0.25, -0.2) is 0 Å². The van der Waals surface area contributed by atoms with Gasteiger partial charge in [0.15, 0.2) is 0 Å². The summed E-state index contributed by atoms with van der Waals surface area (Å²) >= 11 is 3.51. The average molecular weight is 296 g/mol. The van der Waals surface area contributed by atoms with Gasteiger partial charge in [-0.1, -0.05) is 36.7 Å². The number of fused-ring (bicyclic) bond motifs is 1. The fraction of sp³-hybridized carbons (Fsp3) is 0.429. The van der Waals surface area contributed by atoms with E-state index in [4.69, 9.17) is 4.42 Å². The van der Waals surface area contributed by atoms with Crippen molar-refractivity contribution in [2.75, 3.05) is 0 Å². The van der Waals surface area contributed by atoms with Gasteiger partial charge in [0, 0.05) is 21.5 Å². The van der Waals surface area contributed by atoms with Crippen LogP contribution in [-0.4, -0.2) is 6.04 Å². The zero-order chi connectivity index (χ0) is 12.4. The molecule has 0 unspecified atom stereocenters. The van der Waals surface area contributed by atoms with Gasteiger partial charge < -0.3 is 9.73 Å². The molecule has 1 heterocycles. The van der Waals surface area contributed by atoms with Crippen molar-refractivity contribution in [3.63, 3.8) is 0 Å². The molecule has 0 atom stereocenters. The first-order valence-corrected chi connectivity index (χ1v) is 6.84. The van der Waals surface area contributed by atoms with Gasteiger partial charge in [-0.05, 0) is 24.6 Å². The zero-order valence-corrected chi connectivity index (χ0v) is 12.1. The fourth-order valence-electron chi connectivity index (χ4n) is 2.00. The molecule has 0 aliphatic heterocycles. The van der Waals surface area contributed by atoms with Gasteiger partial charge in [0.25, 0.3) is 0 Å². The number of furan rings is 1. The Labute approximate surface area is 111 Å². The number of rotatable bonds is 4. The van der Waals surface area contributed by atoms with E-state index in [1.807, 2.05) is 12.1 Å². The van der Waals surface area contributed by atoms with Crippen LogP contribution in [0.5, 0.6) is 0 Å². The van der Waals surface area contributed by atoms with Gasteiger partial charge in [-0.3, -0.25) is 0 Å². The summed E-state index contributed by atoms with van der Waals surface area (Å²) in [4.78, 5) is 0. The predicted molar refractivity (Wildman–Crippen MR) is 75.3 cm³/mol. The molecular formula is C14H18BrNO. The smallest absolute Gasteiger partial charge is 0.134 e. The van der Waals surface area contributed by atoms with Crippen LogP contribution in [0.15, 0.2) is 27.1 Å². The highest BCUT2D eigenvalue weighted by Crippen LogP contribution is 2.29. The Hall–Kier alpha value is -0.800. The van der Waals surface area contributed by atoms with E-state index in [1.165, 1.54) is 10.9 Å². The van der Waals surface area contributed by atoms with Crippen molar-refractivity contribution < 1.29 is 4.42 Å². The largest absolute Gasteiger partial charge is 0.459 e. The lowest BCUT2D eigenvalue weighted by atomic mass is 10.1. The molecule has 0 bridgehead atoms. The Kier molecular flexibility index (Phi) is 3.89. The molecule has 0 amide bonds. The lowest BCUT2D eigenvalue weighted by Gasteiger charge is -2.06. The number of nitrogens with one attached hydrogen (secondary N) is 1. The molecule has 2 aromatic rings. The first-order valence-electron chi connectivity index (χ1n) is 6.05. The van der Waals surface area contributed by atoms with E-state index in [0.717, 1.165) is 28.8 Å². The summed E-state index contributed by atoms with van der Waals surface area (Å²) in [5.41, 5.74) is 2.29. The summed E-state index contributed by atoms with van der Waals surface area (Å²) in [7, 11) is 0. The fourth-order valence-corrected chi connectivity index (χ4v) is 2.36. The maximum Gasteiger partial charge on any atom is 0.134 e. The molecule has 0 saturated carbocycles. The van der Waals surface area contributed by atoms with Gasteiger partial charge in [-0.2, -0.15) is 0 Å². The molecule has 0 spiro atoms. The molecule has 0 saturated heterocycles. The number of halogens is 1. The minimum atomic E-state index is 0.472. The Morgan fingerprint density at radius 3 is 2.76 bits per heavy atom. The summed E-state index contributed by atoms with van der Waals surface area (Å²) in [5, 5.41) is 4.63. The Morgan fingerprint density at radius 2 is 2.12 bits per heavy atom. The van der Waals surface area contributed by atoms with Gasteiger partial charge in [0.05, 0.1) is 6.54 Å². The number of benzene rings is 1. The highest BCUT2D eigenvalue weighted by atomic mass is 79.9. The minimum absolute atomic E-state index is 0.472. The van der Waals surface area contributed by atoms with Crippen molar-refractivity contribution in [3.05, 3.63) is 34.0 Å².